The Hall–Kier alpha value is -3.61. The average Bonchev–Trinajstić information content (AvgIpc) is 3.27. The Labute approximate surface area is 172 Å². The van der Waals surface area contributed by atoms with Gasteiger partial charge in [-0.3, -0.25) is 0 Å². The highest BCUT2D eigenvalue weighted by Crippen LogP contribution is 2.29. The third-order valence-corrected chi connectivity index (χ3v) is 5.08. The van der Waals surface area contributed by atoms with Crippen molar-refractivity contribution in [2.45, 2.75) is 25.9 Å². The minimum absolute atomic E-state index is 0.0579. The summed E-state index contributed by atoms with van der Waals surface area (Å²) in [7, 11) is 1.31. The third kappa shape index (κ3) is 4.05. The molecule has 1 aliphatic carbocycles. The van der Waals surface area contributed by atoms with Gasteiger partial charge in [0.1, 0.15) is 17.9 Å². The predicted molar refractivity (Wildman–Crippen MR) is 108 cm³/mol. The monoisotopic (exact) mass is 408 g/mol. The van der Waals surface area contributed by atoms with Gasteiger partial charge in [-0.25, -0.2) is 14.4 Å². The molecule has 0 fully saturated rings. The van der Waals surface area contributed by atoms with Crippen LogP contribution in [0.1, 0.15) is 33.5 Å². The number of hydrogen-bond donors (Lipinski definition) is 0. The van der Waals surface area contributed by atoms with E-state index in [-0.39, 0.29) is 18.8 Å². The van der Waals surface area contributed by atoms with Crippen molar-refractivity contribution in [2.24, 2.45) is 0 Å². The lowest BCUT2D eigenvalue weighted by Crippen LogP contribution is -2.15. The first-order valence-electron chi connectivity index (χ1n) is 9.59. The van der Waals surface area contributed by atoms with Gasteiger partial charge in [0.2, 0.25) is 0 Å². The fourth-order valence-electron chi connectivity index (χ4n) is 3.56. The first-order chi connectivity index (χ1) is 14.5. The van der Waals surface area contributed by atoms with Crippen molar-refractivity contribution in [1.29, 1.82) is 0 Å². The standard InChI is InChI=1S/C23H20O7/c1-27-22(25)15-7-5-14(6-8-15)12-29-21(24)13-28-16-9-10-18-17-3-2-4-19(17)23(26)30-20(18)11-16/h5-11H,2-4,12-13H2,1H3. The number of hydrogen-bond acceptors (Lipinski definition) is 7. The number of rotatable bonds is 6. The van der Waals surface area contributed by atoms with Gasteiger partial charge < -0.3 is 18.6 Å². The van der Waals surface area contributed by atoms with Crippen molar-refractivity contribution in [2.75, 3.05) is 13.7 Å². The molecule has 0 saturated carbocycles. The van der Waals surface area contributed by atoms with Crippen LogP contribution in [0, 0.1) is 0 Å². The van der Waals surface area contributed by atoms with Crippen LogP contribution in [-0.4, -0.2) is 25.7 Å². The summed E-state index contributed by atoms with van der Waals surface area (Å²) in [4.78, 5) is 35.5. The van der Waals surface area contributed by atoms with Crippen molar-refractivity contribution >= 4 is 22.9 Å². The third-order valence-electron chi connectivity index (χ3n) is 5.08. The zero-order valence-electron chi connectivity index (χ0n) is 16.4. The molecule has 1 heterocycles. The number of carbonyl (C=O) groups excluding carboxylic acids is 2. The Kier molecular flexibility index (Phi) is 5.52. The summed E-state index contributed by atoms with van der Waals surface area (Å²) < 4.78 is 20.7. The van der Waals surface area contributed by atoms with E-state index in [9.17, 15) is 14.4 Å². The molecule has 1 aliphatic rings. The van der Waals surface area contributed by atoms with E-state index in [1.54, 1.807) is 36.4 Å². The smallest absolute Gasteiger partial charge is 0.344 e. The van der Waals surface area contributed by atoms with Crippen molar-refractivity contribution < 1.29 is 28.2 Å². The van der Waals surface area contributed by atoms with Gasteiger partial charge >= 0.3 is 17.6 Å². The Morgan fingerprint density at radius 3 is 2.57 bits per heavy atom. The van der Waals surface area contributed by atoms with Gasteiger partial charge in [0.05, 0.1) is 12.7 Å². The predicted octanol–water partition coefficient (Wildman–Crippen LogP) is 3.19. The molecule has 4 rings (SSSR count). The molecule has 0 saturated heterocycles. The van der Waals surface area contributed by atoms with Crippen LogP contribution in [0.25, 0.3) is 11.0 Å². The lowest BCUT2D eigenvalue weighted by Gasteiger charge is -2.09. The molecule has 0 unspecified atom stereocenters. The Balaban J connectivity index is 1.35. The molecule has 7 heteroatoms. The summed E-state index contributed by atoms with van der Waals surface area (Å²) >= 11 is 0. The van der Waals surface area contributed by atoms with E-state index in [1.165, 1.54) is 7.11 Å². The number of esters is 2. The van der Waals surface area contributed by atoms with Gasteiger partial charge in [0.25, 0.3) is 0 Å². The van der Waals surface area contributed by atoms with E-state index >= 15 is 0 Å². The normalized spacial score (nSPS) is 12.4. The summed E-state index contributed by atoms with van der Waals surface area (Å²) in [5.41, 5.74) is 3.12. The second-order valence-electron chi connectivity index (χ2n) is 7.00. The van der Waals surface area contributed by atoms with E-state index < -0.39 is 11.9 Å². The van der Waals surface area contributed by atoms with Crippen LogP contribution in [0.3, 0.4) is 0 Å². The molecule has 0 spiro atoms. The van der Waals surface area contributed by atoms with Gasteiger partial charge in [-0.05, 0) is 54.7 Å². The number of carbonyl (C=O) groups is 2. The first kappa shape index (κ1) is 19.7. The molecular formula is C23H20O7. The summed E-state index contributed by atoms with van der Waals surface area (Å²) in [5.74, 6) is -0.548. The van der Waals surface area contributed by atoms with Gasteiger partial charge in [0.15, 0.2) is 6.61 Å². The van der Waals surface area contributed by atoms with Crippen LogP contribution in [0.4, 0.5) is 0 Å². The van der Waals surface area contributed by atoms with Crippen LogP contribution in [0.15, 0.2) is 51.7 Å². The molecule has 7 nitrogen and oxygen atoms in total. The molecule has 30 heavy (non-hydrogen) atoms. The summed E-state index contributed by atoms with van der Waals surface area (Å²) in [6.07, 6.45) is 2.57. The number of fused-ring (bicyclic) bond motifs is 3. The number of ether oxygens (including phenoxy) is 3. The van der Waals surface area contributed by atoms with Crippen LogP contribution >= 0.6 is 0 Å². The molecule has 0 radical (unpaired) electrons. The van der Waals surface area contributed by atoms with Crippen LogP contribution in [0.2, 0.25) is 0 Å². The Morgan fingerprint density at radius 2 is 1.80 bits per heavy atom. The van der Waals surface area contributed by atoms with E-state index in [4.69, 9.17) is 13.9 Å². The van der Waals surface area contributed by atoms with Gasteiger partial charge in [-0.15, -0.1) is 0 Å². The van der Waals surface area contributed by atoms with Crippen LogP contribution < -0.4 is 10.4 Å². The molecular weight excluding hydrogens is 388 g/mol. The SMILES string of the molecule is COC(=O)c1ccc(COC(=O)COc2ccc3c4c(c(=O)oc3c2)CCC4)cc1. The number of benzene rings is 2. The minimum Gasteiger partial charge on any atom is -0.482 e. The summed E-state index contributed by atoms with van der Waals surface area (Å²) in [5, 5.41) is 0.910. The molecule has 0 N–H and O–H groups in total. The van der Waals surface area contributed by atoms with E-state index in [2.05, 4.69) is 4.74 Å². The average molecular weight is 408 g/mol. The maximum absolute atomic E-state index is 12.1. The quantitative estimate of drug-likeness (QED) is 0.457. The van der Waals surface area contributed by atoms with E-state index in [0.29, 0.717) is 16.9 Å². The van der Waals surface area contributed by atoms with Crippen LogP contribution in [-0.2, 0) is 33.7 Å². The highest BCUT2D eigenvalue weighted by molar-refractivity contribution is 5.89. The number of aryl methyl sites for hydroxylation is 1. The fourth-order valence-corrected chi connectivity index (χ4v) is 3.56. The van der Waals surface area contributed by atoms with Crippen LogP contribution in [0.5, 0.6) is 5.75 Å². The lowest BCUT2D eigenvalue weighted by atomic mass is 10.1. The van der Waals surface area contributed by atoms with Gasteiger partial charge in [0, 0.05) is 17.0 Å². The highest BCUT2D eigenvalue weighted by Gasteiger charge is 2.19. The Morgan fingerprint density at radius 1 is 1.03 bits per heavy atom. The molecule has 2 aromatic carbocycles. The van der Waals surface area contributed by atoms with Crippen molar-refractivity contribution in [1.82, 2.24) is 0 Å². The van der Waals surface area contributed by atoms with Gasteiger partial charge in [-0.1, -0.05) is 12.1 Å². The second kappa shape index (κ2) is 8.41. The molecule has 154 valence electrons. The summed E-state index contributed by atoms with van der Waals surface area (Å²) in [6, 6.07) is 11.8. The molecule has 3 aromatic rings. The fraction of sp³-hybridized carbons (Fsp3) is 0.261. The maximum Gasteiger partial charge on any atom is 0.344 e. The minimum atomic E-state index is -0.539. The molecule has 0 aliphatic heterocycles. The number of methoxy groups -OCH3 is 1. The zero-order valence-corrected chi connectivity index (χ0v) is 16.4. The molecule has 0 bridgehead atoms. The topological polar surface area (TPSA) is 92.0 Å². The second-order valence-corrected chi connectivity index (χ2v) is 7.00. The van der Waals surface area contributed by atoms with Crippen molar-refractivity contribution in [3.8, 4) is 5.75 Å². The van der Waals surface area contributed by atoms with Crippen molar-refractivity contribution in [3.63, 3.8) is 0 Å². The molecule has 0 atom stereocenters. The lowest BCUT2D eigenvalue weighted by molar-refractivity contribution is -0.147. The van der Waals surface area contributed by atoms with E-state index in [0.717, 1.165) is 41.3 Å². The highest BCUT2D eigenvalue weighted by atomic mass is 16.6. The van der Waals surface area contributed by atoms with E-state index in [1.807, 2.05) is 6.07 Å². The zero-order chi connectivity index (χ0) is 21.1. The van der Waals surface area contributed by atoms with Crippen molar-refractivity contribution in [3.05, 3.63) is 75.1 Å². The molecule has 0 amide bonds. The largest absolute Gasteiger partial charge is 0.482 e. The summed E-state index contributed by atoms with van der Waals surface area (Å²) in [6.45, 7) is -0.219. The Bertz CT molecular complexity index is 1160. The maximum atomic E-state index is 12.1. The van der Waals surface area contributed by atoms with Gasteiger partial charge in [-0.2, -0.15) is 0 Å². The molecule has 1 aromatic heterocycles. The first-order valence-corrected chi connectivity index (χ1v) is 9.59.